The molecule has 2 aromatic carbocycles. The average Bonchev–Trinajstić information content (AvgIpc) is 3.31. The normalized spacial score (nSPS) is 14.4. The van der Waals surface area contributed by atoms with Crippen LogP contribution in [0.25, 0.3) is 0 Å². The van der Waals surface area contributed by atoms with Crippen molar-refractivity contribution in [3.63, 3.8) is 0 Å². The molecule has 9 nitrogen and oxygen atoms in total. The van der Waals surface area contributed by atoms with Crippen LogP contribution in [0.3, 0.4) is 0 Å². The second kappa shape index (κ2) is 8.99. The molecule has 0 radical (unpaired) electrons. The van der Waals surface area contributed by atoms with Crippen LogP contribution in [0.5, 0.6) is 11.5 Å². The molecule has 11 heteroatoms. The van der Waals surface area contributed by atoms with Gasteiger partial charge in [-0.25, -0.2) is 8.78 Å². The summed E-state index contributed by atoms with van der Waals surface area (Å²) in [6.07, 6.45) is 1.95. The van der Waals surface area contributed by atoms with Crippen LogP contribution in [-0.4, -0.2) is 46.8 Å². The lowest BCUT2D eigenvalue weighted by atomic mass is 10.1. The molecular formula is C25H22F2N4O5. The Morgan fingerprint density at radius 3 is 2.75 bits per heavy atom. The first-order chi connectivity index (χ1) is 17.2. The lowest BCUT2D eigenvalue weighted by Crippen LogP contribution is -2.52. The van der Waals surface area contributed by atoms with Crippen molar-refractivity contribution in [3.05, 3.63) is 92.4 Å². The van der Waals surface area contributed by atoms with Crippen molar-refractivity contribution in [1.82, 2.24) is 14.9 Å². The van der Waals surface area contributed by atoms with E-state index < -0.39 is 40.2 Å². The number of aromatic nitrogens is 1. The van der Waals surface area contributed by atoms with Gasteiger partial charge in [0.25, 0.3) is 11.8 Å². The third kappa shape index (κ3) is 4.12. The van der Waals surface area contributed by atoms with Crippen LogP contribution in [0.15, 0.2) is 47.4 Å². The quantitative estimate of drug-likeness (QED) is 0.559. The summed E-state index contributed by atoms with van der Waals surface area (Å²) in [5, 5.41) is 14.6. The highest BCUT2D eigenvalue weighted by molar-refractivity contribution is 5.99. The Morgan fingerprint density at radius 1 is 1.17 bits per heavy atom. The number of carbonyl (C=O) groups is 2. The molecule has 2 amide bonds. The first kappa shape index (κ1) is 23.3. The van der Waals surface area contributed by atoms with Gasteiger partial charge in [-0.3, -0.25) is 24.1 Å². The fraction of sp³-hybridized carbons (Fsp3) is 0.240. The molecule has 0 fully saturated rings. The number of hydrogen-bond donors (Lipinski definition) is 2. The molecule has 0 unspecified atom stereocenters. The van der Waals surface area contributed by atoms with Gasteiger partial charge in [-0.05, 0) is 23.3 Å². The minimum atomic E-state index is -1.03. The number of benzene rings is 2. The minimum absolute atomic E-state index is 0.0214. The van der Waals surface area contributed by atoms with Crippen molar-refractivity contribution >= 4 is 11.8 Å². The van der Waals surface area contributed by atoms with E-state index in [1.165, 1.54) is 15.6 Å². The van der Waals surface area contributed by atoms with E-state index in [0.29, 0.717) is 12.7 Å². The third-order valence-corrected chi connectivity index (χ3v) is 6.22. The number of rotatable bonds is 5. The van der Waals surface area contributed by atoms with Crippen molar-refractivity contribution in [2.45, 2.75) is 19.5 Å². The van der Waals surface area contributed by atoms with E-state index >= 15 is 0 Å². The number of aromatic hydroxyl groups is 1. The molecular weight excluding hydrogens is 474 g/mol. The number of fused-ring (bicyclic) bond motifs is 2. The number of amides is 2. The van der Waals surface area contributed by atoms with Gasteiger partial charge in [0.05, 0.1) is 6.61 Å². The number of nitrogens with zero attached hydrogens (tertiary/aromatic N) is 3. The topological polar surface area (TPSA) is 104 Å². The van der Waals surface area contributed by atoms with Gasteiger partial charge in [0.15, 0.2) is 11.4 Å². The van der Waals surface area contributed by atoms with Crippen LogP contribution in [-0.2, 0) is 19.5 Å². The molecule has 2 aliphatic rings. The van der Waals surface area contributed by atoms with Gasteiger partial charge in [-0.1, -0.05) is 18.2 Å². The van der Waals surface area contributed by atoms with Crippen LogP contribution >= 0.6 is 0 Å². The van der Waals surface area contributed by atoms with Gasteiger partial charge >= 0.3 is 0 Å². The summed E-state index contributed by atoms with van der Waals surface area (Å²) in [5.74, 6) is -3.09. The van der Waals surface area contributed by atoms with Crippen LogP contribution in [0.1, 0.15) is 37.5 Å². The van der Waals surface area contributed by atoms with Crippen LogP contribution in [0.2, 0.25) is 0 Å². The van der Waals surface area contributed by atoms with Crippen molar-refractivity contribution in [2.24, 2.45) is 0 Å². The van der Waals surface area contributed by atoms with Gasteiger partial charge in [-0.15, -0.1) is 0 Å². The molecule has 2 N–H and O–H groups in total. The average molecular weight is 496 g/mol. The molecule has 0 saturated heterocycles. The second-order valence-electron chi connectivity index (χ2n) is 8.67. The number of ether oxygens (including phenoxy) is 1. The largest absolute Gasteiger partial charge is 0.502 e. The highest BCUT2D eigenvalue weighted by Crippen LogP contribution is 2.28. The van der Waals surface area contributed by atoms with Gasteiger partial charge < -0.3 is 20.1 Å². The van der Waals surface area contributed by atoms with Crippen LogP contribution in [0.4, 0.5) is 8.78 Å². The number of hydrogen-bond acceptors (Lipinski definition) is 6. The fourth-order valence-electron chi connectivity index (χ4n) is 4.36. The molecule has 3 heterocycles. The van der Waals surface area contributed by atoms with E-state index in [1.807, 2.05) is 18.2 Å². The lowest BCUT2D eigenvalue weighted by molar-refractivity contribution is 0.0678. The smallest absolute Gasteiger partial charge is 0.278 e. The maximum absolute atomic E-state index is 13.9. The number of nitrogens with one attached hydrogen (secondary N) is 1. The molecule has 5 rings (SSSR count). The summed E-state index contributed by atoms with van der Waals surface area (Å²) in [6, 6.07) is 8.59. The van der Waals surface area contributed by atoms with Gasteiger partial charge in [0, 0.05) is 44.4 Å². The zero-order valence-corrected chi connectivity index (χ0v) is 19.3. The predicted molar refractivity (Wildman–Crippen MR) is 124 cm³/mol. The maximum Gasteiger partial charge on any atom is 0.278 e. The summed E-state index contributed by atoms with van der Waals surface area (Å²) >= 11 is 0. The summed E-state index contributed by atoms with van der Waals surface area (Å²) in [4.78, 5) is 40.2. The zero-order valence-electron chi connectivity index (χ0n) is 19.3. The minimum Gasteiger partial charge on any atom is -0.502 e. The number of pyridine rings is 1. The van der Waals surface area contributed by atoms with E-state index in [2.05, 4.69) is 5.32 Å². The van der Waals surface area contributed by atoms with Crippen molar-refractivity contribution in [2.75, 3.05) is 25.3 Å². The lowest BCUT2D eigenvalue weighted by Gasteiger charge is -2.37. The first-order valence-electron chi connectivity index (χ1n) is 11.2. The third-order valence-electron chi connectivity index (χ3n) is 6.22. The maximum atomic E-state index is 13.9. The van der Waals surface area contributed by atoms with Crippen LogP contribution < -0.4 is 20.5 Å². The SMILES string of the molecule is CN1CN(Cc2ccc3c(c2)CCO3)C(=O)c2c(O)c(=O)c(C(=O)NCc3ccc(F)cc3F)cn21. The fourth-order valence-corrected chi connectivity index (χ4v) is 4.36. The van der Waals surface area contributed by atoms with Gasteiger partial charge in [-0.2, -0.15) is 0 Å². The Kier molecular flexibility index (Phi) is 5.83. The number of halogens is 2. The Morgan fingerprint density at radius 2 is 1.97 bits per heavy atom. The molecule has 3 aromatic rings. The van der Waals surface area contributed by atoms with E-state index in [0.717, 1.165) is 35.6 Å². The first-order valence-corrected chi connectivity index (χ1v) is 11.2. The van der Waals surface area contributed by atoms with Gasteiger partial charge in [0.1, 0.15) is 29.6 Å². The molecule has 0 atom stereocenters. The molecule has 0 spiro atoms. The molecule has 1 aromatic heterocycles. The zero-order chi connectivity index (χ0) is 25.6. The Bertz CT molecular complexity index is 1460. The highest BCUT2D eigenvalue weighted by atomic mass is 19.1. The summed E-state index contributed by atoms with van der Waals surface area (Å²) in [5.41, 5.74) is 0.232. The molecule has 36 heavy (non-hydrogen) atoms. The van der Waals surface area contributed by atoms with Crippen molar-refractivity contribution < 1.29 is 28.2 Å². The summed E-state index contributed by atoms with van der Waals surface area (Å²) in [7, 11) is 1.64. The molecule has 2 aliphatic heterocycles. The standard InChI is InChI=1S/C25H22F2N4O5/c1-29-13-30(11-14-2-5-20-15(8-14)6-7-36-20)25(35)21-23(33)22(32)18(12-31(21)29)24(34)28-10-16-3-4-17(26)9-19(16)27/h2-5,8-9,12,33H,6-7,10-11,13H2,1H3,(H,28,34). The molecule has 186 valence electrons. The predicted octanol–water partition coefficient (Wildman–Crippen LogP) is 1.88. The Balaban J connectivity index is 1.38. The van der Waals surface area contributed by atoms with E-state index in [-0.39, 0.29) is 31.0 Å². The summed E-state index contributed by atoms with van der Waals surface area (Å²) in [6.45, 7) is 0.684. The van der Waals surface area contributed by atoms with Gasteiger partial charge in [0.2, 0.25) is 5.43 Å². The number of carbonyl (C=O) groups excluding carboxylic acids is 2. The van der Waals surface area contributed by atoms with E-state index in [9.17, 15) is 28.3 Å². The Hall–Kier alpha value is -4.41. The second-order valence-corrected chi connectivity index (χ2v) is 8.67. The molecule has 0 bridgehead atoms. The van der Waals surface area contributed by atoms with Crippen molar-refractivity contribution in [3.8, 4) is 11.5 Å². The van der Waals surface area contributed by atoms with Crippen LogP contribution in [0, 0.1) is 11.6 Å². The summed E-state index contributed by atoms with van der Waals surface area (Å²) < 4.78 is 33.7. The Labute approximate surface area is 204 Å². The van der Waals surface area contributed by atoms with E-state index in [4.69, 9.17) is 4.74 Å². The highest BCUT2D eigenvalue weighted by Gasteiger charge is 2.33. The molecule has 0 saturated carbocycles. The van der Waals surface area contributed by atoms with Crippen molar-refractivity contribution in [1.29, 1.82) is 0 Å². The monoisotopic (exact) mass is 496 g/mol. The van der Waals surface area contributed by atoms with E-state index in [1.54, 1.807) is 12.1 Å². The molecule has 0 aliphatic carbocycles.